The SMILES string of the molecule is CC(C)(C)c1ccc(-c2c(C#N)c(N)nc3c2CCCCCCCCCC3)cc1. The molecule has 0 spiro atoms. The Balaban J connectivity index is 2.09. The molecule has 0 amide bonds. The van der Waals surface area contributed by atoms with Gasteiger partial charge in [-0.25, -0.2) is 4.98 Å². The van der Waals surface area contributed by atoms with Gasteiger partial charge in [0.2, 0.25) is 0 Å². The van der Waals surface area contributed by atoms with Gasteiger partial charge in [-0.2, -0.15) is 5.26 Å². The molecule has 0 aliphatic heterocycles. The van der Waals surface area contributed by atoms with Gasteiger partial charge in [0.05, 0.1) is 0 Å². The van der Waals surface area contributed by atoms with Gasteiger partial charge < -0.3 is 5.73 Å². The van der Waals surface area contributed by atoms with Crippen LogP contribution in [-0.2, 0) is 18.3 Å². The van der Waals surface area contributed by atoms with Crippen LogP contribution in [0.15, 0.2) is 24.3 Å². The Morgan fingerprint density at radius 2 is 1.41 bits per heavy atom. The number of hydrogen-bond acceptors (Lipinski definition) is 3. The molecule has 29 heavy (non-hydrogen) atoms. The summed E-state index contributed by atoms with van der Waals surface area (Å²) >= 11 is 0. The molecule has 0 atom stereocenters. The van der Waals surface area contributed by atoms with Crippen LogP contribution >= 0.6 is 0 Å². The lowest BCUT2D eigenvalue weighted by molar-refractivity contribution is 0.557. The molecule has 1 aromatic carbocycles. The fourth-order valence-corrected chi connectivity index (χ4v) is 4.39. The van der Waals surface area contributed by atoms with E-state index in [1.807, 2.05) is 0 Å². The first-order chi connectivity index (χ1) is 13.9. The highest BCUT2D eigenvalue weighted by Crippen LogP contribution is 2.35. The lowest BCUT2D eigenvalue weighted by Crippen LogP contribution is -2.11. The van der Waals surface area contributed by atoms with Gasteiger partial charge in [0, 0.05) is 11.3 Å². The molecule has 154 valence electrons. The van der Waals surface area contributed by atoms with Gasteiger partial charge in [-0.3, -0.25) is 0 Å². The van der Waals surface area contributed by atoms with E-state index in [1.54, 1.807) is 0 Å². The summed E-state index contributed by atoms with van der Waals surface area (Å²) in [5.41, 5.74) is 12.7. The highest BCUT2D eigenvalue weighted by molar-refractivity contribution is 5.79. The third-order valence-corrected chi connectivity index (χ3v) is 6.15. The van der Waals surface area contributed by atoms with E-state index >= 15 is 0 Å². The van der Waals surface area contributed by atoms with Crippen LogP contribution < -0.4 is 5.73 Å². The second kappa shape index (κ2) is 9.44. The van der Waals surface area contributed by atoms with Crippen LogP contribution in [-0.4, -0.2) is 4.98 Å². The molecule has 3 rings (SSSR count). The Hall–Kier alpha value is -2.34. The van der Waals surface area contributed by atoms with Crippen molar-refractivity contribution in [3.05, 3.63) is 46.6 Å². The fourth-order valence-electron chi connectivity index (χ4n) is 4.39. The van der Waals surface area contributed by atoms with Crippen molar-refractivity contribution in [1.82, 2.24) is 4.98 Å². The van der Waals surface area contributed by atoms with Crippen molar-refractivity contribution in [3.63, 3.8) is 0 Å². The predicted molar refractivity (Wildman–Crippen MR) is 122 cm³/mol. The predicted octanol–water partition coefficient (Wildman–Crippen LogP) is 6.72. The minimum Gasteiger partial charge on any atom is -0.383 e. The van der Waals surface area contributed by atoms with E-state index in [2.05, 4.69) is 51.1 Å². The van der Waals surface area contributed by atoms with Crippen LogP contribution in [0, 0.1) is 11.3 Å². The number of pyridine rings is 1. The molecule has 1 aliphatic carbocycles. The first kappa shape index (κ1) is 21.4. The summed E-state index contributed by atoms with van der Waals surface area (Å²) in [4.78, 5) is 4.71. The number of benzene rings is 1. The summed E-state index contributed by atoms with van der Waals surface area (Å²) in [5.74, 6) is 0.383. The van der Waals surface area contributed by atoms with Crippen molar-refractivity contribution in [1.29, 1.82) is 5.26 Å². The largest absolute Gasteiger partial charge is 0.383 e. The maximum Gasteiger partial charge on any atom is 0.142 e. The molecule has 0 radical (unpaired) electrons. The molecule has 1 aliphatic rings. The van der Waals surface area contributed by atoms with Gasteiger partial charge in [-0.1, -0.05) is 83.6 Å². The smallest absolute Gasteiger partial charge is 0.142 e. The zero-order chi connectivity index (χ0) is 20.9. The van der Waals surface area contributed by atoms with Crippen LogP contribution in [0.2, 0.25) is 0 Å². The third kappa shape index (κ3) is 5.18. The molecule has 1 aromatic heterocycles. The van der Waals surface area contributed by atoms with E-state index in [0.717, 1.165) is 42.5 Å². The van der Waals surface area contributed by atoms with Crippen molar-refractivity contribution in [3.8, 4) is 17.2 Å². The van der Waals surface area contributed by atoms with E-state index < -0.39 is 0 Å². The molecular weight excluding hydrogens is 354 g/mol. The van der Waals surface area contributed by atoms with Gasteiger partial charge in [-0.15, -0.1) is 0 Å². The average molecular weight is 390 g/mol. The number of aryl methyl sites for hydroxylation is 1. The number of fused-ring (bicyclic) bond motifs is 1. The topological polar surface area (TPSA) is 62.7 Å². The Kier molecular flexibility index (Phi) is 6.96. The molecule has 1 heterocycles. The lowest BCUT2D eigenvalue weighted by atomic mass is 9.84. The average Bonchev–Trinajstić information content (AvgIpc) is 2.68. The minimum atomic E-state index is 0.107. The molecule has 3 nitrogen and oxygen atoms in total. The lowest BCUT2D eigenvalue weighted by Gasteiger charge is -2.21. The van der Waals surface area contributed by atoms with Crippen LogP contribution in [0.3, 0.4) is 0 Å². The molecule has 0 bridgehead atoms. The van der Waals surface area contributed by atoms with E-state index in [9.17, 15) is 5.26 Å². The van der Waals surface area contributed by atoms with Gasteiger partial charge >= 0.3 is 0 Å². The Morgan fingerprint density at radius 1 is 0.862 bits per heavy atom. The zero-order valence-electron chi connectivity index (χ0n) is 18.4. The summed E-state index contributed by atoms with van der Waals surface area (Å²) in [6.45, 7) is 6.67. The normalized spacial score (nSPS) is 16.2. The number of nitrogen functional groups attached to an aromatic ring is 1. The van der Waals surface area contributed by atoms with Gasteiger partial charge in [0.25, 0.3) is 0 Å². The van der Waals surface area contributed by atoms with Gasteiger partial charge in [-0.05, 0) is 47.8 Å². The molecular formula is C26H35N3. The van der Waals surface area contributed by atoms with Crippen molar-refractivity contribution in [2.75, 3.05) is 5.73 Å². The molecule has 0 saturated carbocycles. The van der Waals surface area contributed by atoms with E-state index in [0.29, 0.717) is 11.4 Å². The highest BCUT2D eigenvalue weighted by atomic mass is 14.9. The quantitative estimate of drug-likeness (QED) is 0.589. The summed E-state index contributed by atoms with van der Waals surface area (Å²) in [6, 6.07) is 11.1. The van der Waals surface area contributed by atoms with Crippen LogP contribution in [0.5, 0.6) is 0 Å². The number of nitrogens with zero attached hydrogens (tertiary/aromatic N) is 2. The Morgan fingerprint density at radius 3 is 1.97 bits per heavy atom. The number of nitriles is 1. The van der Waals surface area contributed by atoms with E-state index in [-0.39, 0.29) is 5.41 Å². The molecule has 0 unspecified atom stereocenters. The van der Waals surface area contributed by atoms with Gasteiger partial charge in [0.1, 0.15) is 17.5 Å². The first-order valence-corrected chi connectivity index (χ1v) is 11.2. The summed E-state index contributed by atoms with van der Waals surface area (Å²) in [6.07, 6.45) is 12.0. The molecule has 2 N–H and O–H groups in total. The zero-order valence-corrected chi connectivity index (χ0v) is 18.4. The number of aromatic nitrogens is 1. The number of rotatable bonds is 1. The van der Waals surface area contributed by atoms with Crippen molar-refractivity contribution in [2.45, 2.75) is 90.4 Å². The van der Waals surface area contributed by atoms with Gasteiger partial charge in [0.15, 0.2) is 0 Å². The summed E-state index contributed by atoms with van der Waals surface area (Å²) in [7, 11) is 0. The second-order valence-corrected chi connectivity index (χ2v) is 9.44. The number of anilines is 1. The third-order valence-electron chi connectivity index (χ3n) is 6.15. The van der Waals surface area contributed by atoms with Crippen LogP contribution in [0.4, 0.5) is 5.82 Å². The Labute approximate surface area is 176 Å². The van der Waals surface area contributed by atoms with Crippen LogP contribution in [0.1, 0.15) is 94.5 Å². The summed E-state index contributed by atoms with van der Waals surface area (Å²) in [5, 5.41) is 9.88. The number of nitrogens with two attached hydrogens (primary N) is 1. The maximum atomic E-state index is 9.88. The van der Waals surface area contributed by atoms with Crippen molar-refractivity contribution < 1.29 is 0 Å². The molecule has 0 fully saturated rings. The molecule has 0 saturated heterocycles. The van der Waals surface area contributed by atoms with Crippen molar-refractivity contribution in [2.24, 2.45) is 0 Å². The van der Waals surface area contributed by atoms with Crippen LogP contribution in [0.25, 0.3) is 11.1 Å². The number of hydrogen-bond donors (Lipinski definition) is 1. The standard InChI is InChI=1S/C26H35N3/c1-26(2,3)20-16-14-19(15-17-20)24-21-12-10-8-6-4-5-7-9-11-13-23(21)29-25(28)22(24)18-27/h14-17H,4-13H2,1-3H3,(H2,28,29). The maximum absolute atomic E-state index is 9.88. The monoisotopic (exact) mass is 389 g/mol. The second-order valence-electron chi connectivity index (χ2n) is 9.44. The summed E-state index contributed by atoms with van der Waals surface area (Å²) < 4.78 is 0. The first-order valence-electron chi connectivity index (χ1n) is 11.2. The van der Waals surface area contributed by atoms with E-state index in [1.165, 1.54) is 49.7 Å². The van der Waals surface area contributed by atoms with Crippen molar-refractivity contribution >= 4 is 5.82 Å². The minimum absolute atomic E-state index is 0.107. The Bertz CT molecular complexity index is 867. The highest BCUT2D eigenvalue weighted by Gasteiger charge is 2.21. The fraction of sp³-hybridized carbons (Fsp3) is 0.538. The molecule has 3 heteroatoms. The van der Waals surface area contributed by atoms with E-state index in [4.69, 9.17) is 10.7 Å². The molecule has 2 aromatic rings.